The fourth-order valence-corrected chi connectivity index (χ4v) is 5.30. The monoisotopic (exact) mass is 415 g/mol. The Hall–Kier alpha value is -2.35. The fourth-order valence-electron chi connectivity index (χ4n) is 5.30. The third-order valence-corrected chi connectivity index (χ3v) is 7.42. The van der Waals surface area contributed by atoms with E-state index in [0.29, 0.717) is 12.5 Å². The molecular weight excluding hydrogens is 382 g/mol. The summed E-state index contributed by atoms with van der Waals surface area (Å²) in [4.78, 5) is 9.84. The minimum Gasteiger partial charge on any atom is -0.376 e. The number of anilines is 1. The van der Waals surface area contributed by atoms with Crippen LogP contribution in [0.2, 0.25) is 0 Å². The molecule has 4 nitrogen and oxygen atoms in total. The molecule has 5 heterocycles. The Balaban J connectivity index is 1.45. The van der Waals surface area contributed by atoms with E-state index in [-0.39, 0.29) is 0 Å². The van der Waals surface area contributed by atoms with E-state index >= 15 is 0 Å². The van der Waals surface area contributed by atoms with Gasteiger partial charge in [0.2, 0.25) is 0 Å². The van der Waals surface area contributed by atoms with Crippen molar-refractivity contribution in [2.45, 2.75) is 44.6 Å². The van der Waals surface area contributed by atoms with Gasteiger partial charge in [-0.2, -0.15) is 0 Å². The molecule has 0 spiro atoms. The molecule has 2 bridgehead atoms. The molecule has 4 aliphatic heterocycles. The Morgan fingerprint density at radius 3 is 2.42 bits per heavy atom. The van der Waals surface area contributed by atoms with Gasteiger partial charge in [-0.1, -0.05) is 49.1 Å². The number of aliphatic hydroxyl groups is 1. The summed E-state index contributed by atoms with van der Waals surface area (Å²) < 4.78 is 0. The zero-order chi connectivity index (χ0) is 21.3. The Labute approximate surface area is 186 Å². The van der Waals surface area contributed by atoms with Crippen molar-refractivity contribution in [2.24, 2.45) is 11.8 Å². The van der Waals surface area contributed by atoms with Gasteiger partial charge in [-0.3, -0.25) is 4.90 Å². The number of pyridine rings is 1. The highest BCUT2D eigenvalue weighted by molar-refractivity contribution is 5.49. The summed E-state index contributed by atoms with van der Waals surface area (Å²) in [5.41, 5.74) is 2.31. The number of hydrogen-bond acceptors (Lipinski definition) is 4. The van der Waals surface area contributed by atoms with Gasteiger partial charge in [-0.15, -0.1) is 0 Å². The van der Waals surface area contributed by atoms with Crippen molar-refractivity contribution in [1.82, 2.24) is 9.88 Å². The molecule has 31 heavy (non-hydrogen) atoms. The van der Waals surface area contributed by atoms with Gasteiger partial charge in [0.1, 0.15) is 11.4 Å². The van der Waals surface area contributed by atoms with Gasteiger partial charge in [-0.05, 0) is 62.4 Å². The molecule has 2 aromatic rings. The number of piperidine rings is 4. The van der Waals surface area contributed by atoms with E-state index in [1.54, 1.807) is 0 Å². The molecule has 0 amide bonds. The maximum Gasteiger partial charge on any atom is 0.141 e. The zero-order valence-electron chi connectivity index (χ0n) is 18.6. The smallest absolute Gasteiger partial charge is 0.141 e. The van der Waals surface area contributed by atoms with Gasteiger partial charge in [0, 0.05) is 37.5 Å². The highest BCUT2D eigenvalue weighted by atomic mass is 16.3. The van der Waals surface area contributed by atoms with Crippen LogP contribution in [0, 0.1) is 23.7 Å². The summed E-state index contributed by atoms with van der Waals surface area (Å²) in [6.45, 7) is 7.35. The Morgan fingerprint density at radius 2 is 1.74 bits per heavy atom. The first-order valence-electron chi connectivity index (χ1n) is 11.9. The number of aromatic nitrogens is 1. The van der Waals surface area contributed by atoms with E-state index in [0.717, 1.165) is 68.4 Å². The van der Waals surface area contributed by atoms with Crippen LogP contribution in [-0.4, -0.2) is 53.3 Å². The van der Waals surface area contributed by atoms with Crippen molar-refractivity contribution in [3.8, 4) is 11.8 Å². The van der Waals surface area contributed by atoms with Crippen LogP contribution in [0.15, 0.2) is 42.5 Å². The standard InChI is InChI=1S/C27H33N3O/c1-21-10-17-30(18-11-21)26-8-7-23(25(28-26)19-22-5-3-2-4-6-22)9-14-27(31)20-29-15-12-24(27)13-16-29/h2-8,21,24,31H,10-13,15-20H2,1H3/t27-/m1/s1. The lowest BCUT2D eigenvalue weighted by atomic mass is 9.75. The Kier molecular flexibility index (Phi) is 5.73. The Morgan fingerprint density at radius 1 is 1.00 bits per heavy atom. The molecular formula is C27H33N3O. The summed E-state index contributed by atoms with van der Waals surface area (Å²) in [6, 6.07) is 14.7. The number of nitrogens with zero attached hydrogens (tertiary/aromatic N) is 3. The van der Waals surface area contributed by atoms with Crippen LogP contribution in [-0.2, 0) is 6.42 Å². The first kappa shape index (κ1) is 20.5. The predicted octanol–water partition coefficient (Wildman–Crippen LogP) is 3.72. The SMILES string of the molecule is CC1CCN(c2ccc(C#C[C@@]3(O)CN4CCC3CC4)c(Cc3ccccc3)n2)CC1. The summed E-state index contributed by atoms with van der Waals surface area (Å²) in [6.07, 6.45) is 5.31. The number of benzene rings is 1. The second-order valence-electron chi connectivity index (χ2n) is 9.72. The molecule has 1 aromatic carbocycles. The third-order valence-electron chi connectivity index (χ3n) is 7.42. The van der Waals surface area contributed by atoms with Crippen molar-refractivity contribution in [3.63, 3.8) is 0 Å². The van der Waals surface area contributed by atoms with Crippen LogP contribution >= 0.6 is 0 Å². The average molecular weight is 416 g/mol. The van der Waals surface area contributed by atoms with E-state index < -0.39 is 5.60 Å². The summed E-state index contributed by atoms with van der Waals surface area (Å²) >= 11 is 0. The predicted molar refractivity (Wildman–Crippen MR) is 125 cm³/mol. The van der Waals surface area contributed by atoms with E-state index in [1.807, 2.05) is 6.07 Å². The molecule has 4 aliphatic rings. The second-order valence-corrected chi connectivity index (χ2v) is 9.72. The lowest BCUT2D eigenvalue weighted by molar-refractivity contribution is -0.0713. The largest absolute Gasteiger partial charge is 0.376 e. The molecule has 1 N–H and O–H groups in total. The first-order chi connectivity index (χ1) is 15.1. The molecule has 0 saturated carbocycles. The van der Waals surface area contributed by atoms with Crippen molar-refractivity contribution < 1.29 is 5.11 Å². The zero-order valence-corrected chi connectivity index (χ0v) is 18.6. The molecule has 4 heteroatoms. The van der Waals surface area contributed by atoms with E-state index in [9.17, 15) is 5.11 Å². The molecule has 4 fully saturated rings. The minimum absolute atomic E-state index is 0.296. The lowest BCUT2D eigenvalue weighted by Gasteiger charge is -2.47. The van der Waals surface area contributed by atoms with E-state index in [2.05, 4.69) is 65.0 Å². The van der Waals surface area contributed by atoms with E-state index in [4.69, 9.17) is 4.98 Å². The normalized spacial score (nSPS) is 28.3. The topological polar surface area (TPSA) is 39.6 Å². The first-order valence-corrected chi connectivity index (χ1v) is 11.9. The van der Waals surface area contributed by atoms with Crippen molar-refractivity contribution in [2.75, 3.05) is 37.6 Å². The van der Waals surface area contributed by atoms with Crippen LogP contribution in [0.3, 0.4) is 0 Å². The van der Waals surface area contributed by atoms with Crippen molar-refractivity contribution in [1.29, 1.82) is 0 Å². The maximum atomic E-state index is 11.2. The number of rotatable bonds is 3. The summed E-state index contributed by atoms with van der Waals surface area (Å²) in [5, 5.41) is 11.2. The molecule has 6 rings (SSSR count). The van der Waals surface area contributed by atoms with E-state index in [1.165, 1.54) is 18.4 Å². The Bertz CT molecular complexity index is 963. The van der Waals surface area contributed by atoms with Gasteiger partial charge >= 0.3 is 0 Å². The molecule has 1 atom stereocenters. The molecule has 1 aromatic heterocycles. The fraction of sp³-hybridized carbons (Fsp3) is 0.519. The number of hydrogen-bond donors (Lipinski definition) is 1. The summed E-state index contributed by atoms with van der Waals surface area (Å²) in [5.74, 6) is 8.80. The van der Waals surface area contributed by atoms with Gasteiger partial charge in [-0.25, -0.2) is 4.98 Å². The maximum absolute atomic E-state index is 11.2. The average Bonchev–Trinajstić information content (AvgIpc) is 2.80. The highest BCUT2D eigenvalue weighted by Gasteiger charge is 2.44. The lowest BCUT2D eigenvalue weighted by Crippen LogP contribution is -2.58. The van der Waals surface area contributed by atoms with Gasteiger partial charge in [0.15, 0.2) is 0 Å². The van der Waals surface area contributed by atoms with Gasteiger partial charge in [0.05, 0.1) is 5.69 Å². The minimum atomic E-state index is -0.887. The molecule has 0 radical (unpaired) electrons. The van der Waals surface area contributed by atoms with Crippen LogP contribution in [0.25, 0.3) is 0 Å². The second kappa shape index (κ2) is 8.65. The summed E-state index contributed by atoms with van der Waals surface area (Å²) in [7, 11) is 0. The quantitative estimate of drug-likeness (QED) is 0.776. The molecule has 162 valence electrons. The van der Waals surface area contributed by atoms with Crippen LogP contribution in [0.5, 0.6) is 0 Å². The molecule has 4 saturated heterocycles. The molecule has 0 aliphatic carbocycles. The van der Waals surface area contributed by atoms with Crippen molar-refractivity contribution >= 4 is 5.82 Å². The molecule has 0 unspecified atom stereocenters. The third kappa shape index (κ3) is 4.49. The van der Waals surface area contributed by atoms with Crippen LogP contribution in [0.1, 0.15) is 49.4 Å². The van der Waals surface area contributed by atoms with Crippen LogP contribution < -0.4 is 4.90 Å². The van der Waals surface area contributed by atoms with Gasteiger partial charge in [0.25, 0.3) is 0 Å². The van der Waals surface area contributed by atoms with Gasteiger partial charge < -0.3 is 10.0 Å². The number of fused-ring (bicyclic) bond motifs is 3. The van der Waals surface area contributed by atoms with Crippen LogP contribution in [0.4, 0.5) is 5.82 Å². The van der Waals surface area contributed by atoms with Crippen molar-refractivity contribution in [3.05, 3.63) is 59.3 Å². The highest BCUT2D eigenvalue weighted by Crippen LogP contribution is 2.35.